The molecule has 0 unspecified atom stereocenters. The zero-order valence-corrected chi connectivity index (χ0v) is 7.83. The van der Waals surface area contributed by atoms with Crippen LogP contribution in [-0.4, -0.2) is 56.5 Å². The number of halogens is 3. The summed E-state index contributed by atoms with van der Waals surface area (Å²) in [5, 5.41) is 0. The molecule has 0 amide bonds. The Morgan fingerprint density at radius 3 is 1.38 bits per heavy atom. The molecule has 0 aromatic heterocycles. The second-order valence-electron chi connectivity index (χ2n) is 1.93. The summed E-state index contributed by atoms with van der Waals surface area (Å²) >= 11 is 1.17. The molecular weight excluding hydrogens is 143 g/mol. The fourth-order valence-corrected chi connectivity index (χ4v) is 0.687. The maximum absolute atomic E-state index is 9.67. The van der Waals surface area contributed by atoms with Gasteiger partial charge in [-0.05, 0) is 0 Å². The average Bonchev–Trinajstić information content (AvgIpc) is 2.19. The molecule has 0 atom stereocenters. The molecule has 0 bridgehead atoms. The molecule has 1 aliphatic carbocycles. The monoisotopic (exact) mass is 148 g/mol. The van der Waals surface area contributed by atoms with Crippen LogP contribution in [0.15, 0.2) is 0 Å². The van der Waals surface area contributed by atoms with Gasteiger partial charge in [-0.3, -0.25) is 12.9 Å². The Hall–Kier alpha value is 1.49. The molecule has 0 aromatic carbocycles. The van der Waals surface area contributed by atoms with Crippen molar-refractivity contribution in [2.24, 2.45) is 0 Å². The SMILES string of the molecule is FB(F)F.[K][CH]1CC1. The van der Waals surface area contributed by atoms with Crippen molar-refractivity contribution in [1.82, 2.24) is 0 Å². The zero-order chi connectivity index (χ0) is 6.57. The molecule has 1 aliphatic rings. The van der Waals surface area contributed by atoms with Gasteiger partial charge >= 0.3 is 69.4 Å². The van der Waals surface area contributed by atoms with Crippen molar-refractivity contribution in [1.29, 1.82) is 0 Å². The molecule has 0 heterocycles. The predicted molar refractivity (Wildman–Crippen MR) is 27.8 cm³/mol. The fourth-order valence-electron chi connectivity index (χ4n) is 0.167. The Morgan fingerprint density at radius 2 is 1.38 bits per heavy atom. The van der Waals surface area contributed by atoms with E-state index in [1.54, 1.807) is 12.8 Å². The van der Waals surface area contributed by atoms with E-state index in [4.69, 9.17) is 0 Å². The molecule has 1 fully saturated rings. The van der Waals surface area contributed by atoms with Crippen LogP contribution in [0.2, 0.25) is 0.0125 Å². The van der Waals surface area contributed by atoms with Gasteiger partial charge in [0.25, 0.3) is 0 Å². The quantitative estimate of drug-likeness (QED) is 0.458. The Morgan fingerprint density at radius 1 is 1.25 bits per heavy atom. The number of rotatable bonds is 0. The van der Waals surface area contributed by atoms with Crippen molar-refractivity contribution in [3.8, 4) is 0 Å². The van der Waals surface area contributed by atoms with E-state index in [2.05, 4.69) is 0 Å². The molecule has 1 saturated carbocycles. The van der Waals surface area contributed by atoms with Gasteiger partial charge in [-0.15, -0.1) is 0 Å². The Bertz CT molecular complexity index is 53.7. The van der Waals surface area contributed by atoms with E-state index in [1.807, 2.05) is 0 Å². The molecule has 0 aromatic rings. The molecule has 0 saturated heterocycles. The van der Waals surface area contributed by atoms with Crippen LogP contribution in [0.5, 0.6) is 0 Å². The van der Waals surface area contributed by atoms with Crippen LogP contribution < -0.4 is 0 Å². The summed E-state index contributed by atoms with van der Waals surface area (Å²) in [6.45, 7) is 0. The second kappa shape index (κ2) is 5.29. The van der Waals surface area contributed by atoms with Crippen LogP contribution in [0.4, 0.5) is 12.9 Å². The van der Waals surface area contributed by atoms with Gasteiger partial charge in [0, 0.05) is 0 Å². The van der Waals surface area contributed by atoms with Gasteiger partial charge in [-0.1, -0.05) is 0 Å². The summed E-state index contributed by atoms with van der Waals surface area (Å²) in [4.78, 5) is 0. The maximum atomic E-state index is 9.67. The van der Waals surface area contributed by atoms with E-state index < -0.39 is 7.54 Å². The molecular formula is C3H5BF3K. The minimum atomic E-state index is -3.67. The van der Waals surface area contributed by atoms with Gasteiger partial charge in [0.15, 0.2) is 0 Å². The van der Waals surface area contributed by atoms with Gasteiger partial charge in [-0.25, -0.2) is 0 Å². The Labute approximate surface area is 81.0 Å². The third-order valence-electron chi connectivity index (χ3n) is 0.866. The first kappa shape index (κ1) is 9.49. The number of hydrogen-bond donors (Lipinski definition) is 0. The minimum absolute atomic E-state index is 1.17. The first-order chi connectivity index (χ1) is 3.63. The third kappa shape index (κ3) is 15.6. The summed E-state index contributed by atoms with van der Waals surface area (Å²) < 4.78 is 30.3. The van der Waals surface area contributed by atoms with Gasteiger partial charge in [-0.2, -0.15) is 0 Å². The zero-order valence-electron chi connectivity index (χ0n) is 4.70. The van der Waals surface area contributed by atoms with E-state index in [0.29, 0.717) is 0 Å². The van der Waals surface area contributed by atoms with Gasteiger partial charge < -0.3 is 0 Å². The van der Waals surface area contributed by atoms with E-state index in [0.717, 1.165) is 0 Å². The van der Waals surface area contributed by atoms with Crippen molar-refractivity contribution in [3.05, 3.63) is 0 Å². The van der Waals surface area contributed by atoms with Crippen LogP contribution in [0.25, 0.3) is 0 Å². The van der Waals surface area contributed by atoms with E-state index >= 15 is 0 Å². The van der Waals surface area contributed by atoms with Crippen LogP contribution in [0.1, 0.15) is 12.8 Å². The van der Waals surface area contributed by atoms with Crippen molar-refractivity contribution in [3.63, 3.8) is 0 Å². The Balaban J connectivity index is 0.000000122. The van der Waals surface area contributed by atoms with Crippen LogP contribution in [0.3, 0.4) is 0 Å². The van der Waals surface area contributed by atoms with Gasteiger partial charge in [0.2, 0.25) is 0 Å². The van der Waals surface area contributed by atoms with E-state index in [9.17, 15) is 12.9 Å². The third-order valence-corrected chi connectivity index (χ3v) is 2.67. The summed E-state index contributed by atoms with van der Waals surface area (Å²) in [5.41, 5.74) is 0. The van der Waals surface area contributed by atoms with Gasteiger partial charge in [0.1, 0.15) is 0 Å². The first-order valence-electron chi connectivity index (χ1n) is 2.55. The molecule has 1 rings (SSSR count). The summed E-state index contributed by atoms with van der Waals surface area (Å²) in [6.07, 6.45) is 3.14. The van der Waals surface area contributed by atoms with Gasteiger partial charge in [0.05, 0.1) is 0 Å². The van der Waals surface area contributed by atoms with Crippen LogP contribution in [0, 0.1) is 0 Å². The first-order valence-corrected chi connectivity index (χ1v) is 4.35. The predicted octanol–water partition coefficient (Wildman–Crippen LogP) is 1.62. The topological polar surface area (TPSA) is 0 Å². The van der Waals surface area contributed by atoms with Crippen molar-refractivity contribution in [2.45, 2.75) is 12.9 Å². The molecule has 0 N–H and O–H groups in total. The molecule has 0 nitrogen and oxygen atoms in total. The van der Waals surface area contributed by atoms with Crippen molar-refractivity contribution in [2.75, 3.05) is 0 Å². The second-order valence-corrected chi connectivity index (χ2v) is 4.48. The molecule has 5 heteroatoms. The molecule has 0 spiro atoms. The normalized spacial score (nSPS) is 16.6. The molecule has 0 radical (unpaired) electrons. The van der Waals surface area contributed by atoms with E-state index in [-0.39, 0.29) is 0 Å². The van der Waals surface area contributed by atoms with Crippen molar-refractivity contribution >= 4 is 56.5 Å². The molecule has 0 aliphatic heterocycles. The molecule has 42 valence electrons. The number of hydrogen-bond acceptors (Lipinski definition) is 0. The standard InChI is InChI=1S/C3H5.BF3.K/c1-2-3-1;2-1(3)4;/h1H,2-3H2;;. The average molecular weight is 148 g/mol. The van der Waals surface area contributed by atoms with Crippen molar-refractivity contribution < 1.29 is 12.9 Å². The summed E-state index contributed by atoms with van der Waals surface area (Å²) in [5.74, 6) is 0. The van der Waals surface area contributed by atoms with Crippen LogP contribution in [-0.2, 0) is 0 Å². The summed E-state index contributed by atoms with van der Waals surface area (Å²) in [6, 6.07) is 0. The van der Waals surface area contributed by atoms with E-state index in [1.165, 1.54) is 49.0 Å². The van der Waals surface area contributed by atoms with Crippen LogP contribution >= 0.6 is 0 Å². The fraction of sp³-hybridized carbons (Fsp3) is 1.00. The summed E-state index contributed by atoms with van der Waals surface area (Å²) in [7, 11) is -3.67. The molecule has 8 heavy (non-hydrogen) atoms. The Kier molecular flexibility index (Phi) is 6.28.